The van der Waals surface area contributed by atoms with Gasteiger partial charge >= 0.3 is 5.69 Å². The van der Waals surface area contributed by atoms with Crippen molar-refractivity contribution in [2.45, 2.75) is 31.7 Å². The molecule has 0 bridgehead atoms. The average molecular weight is 289 g/mol. The number of fused-ring (bicyclic) bond motifs is 1. The van der Waals surface area contributed by atoms with Crippen LogP contribution in [0.3, 0.4) is 0 Å². The minimum Gasteiger partial charge on any atom is -0.306 e. The van der Waals surface area contributed by atoms with Gasteiger partial charge in [0.15, 0.2) is 0 Å². The highest BCUT2D eigenvalue weighted by atomic mass is 16.7. The van der Waals surface area contributed by atoms with E-state index in [1.54, 1.807) is 19.2 Å². The molecule has 6 nitrogen and oxygen atoms in total. The number of rotatable bonds is 3. The molecule has 0 radical (unpaired) electrons. The first-order valence-electron chi connectivity index (χ1n) is 7.18. The highest BCUT2D eigenvalue weighted by molar-refractivity contribution is 5.96. The van der Waals surface area contributed by atoms with E-state index in [0.717, 1.165) is 23.4 Å². The first kappa shape index (κ1) is 13.9. The Morgan fingerprint density at radius 2 is 2.10 bits per heavy atom. The molecule has 0 unspecified atom stereocenters. The number of hydroxylamine groups is 2. The van der Waals surface area contributed by atoms with Crippen LogP contribution in [0, 0.1) is 0 Å². The first-order valence-corrected chi connectivity index (χ1v) is 7.18. The van der Waals surface area contributed by atoms with Crippen LogP contribution in [0.1, 0.15) is 42.1 Å². The highest BCUT2D eigenvalue weighted by Crippen LogP contribution is 2.30. The topological polar surface area (TPSA) is 67.3 Å². The van der Waals surface area contributed by atoms with Crippen LogP contribution in [0.5, 0.6) is 0 Å². The number of nitrogens with zero attached hydrogens (tertiary/aromatic N) is 2. The van der Waals surface area contributed by atoms with E-state index in [2.05, 4.69) is 4.98 Å². The van der Waals surface area contributed by atoms with Gasteiger partial charge in [0.1, 0.15) is 0 Å². The molecule has 1 amide bonds. The van der Waals surface area contributed by atoms with Gasteiger partial charge in [0.05, 0.1) is 18.1 Å². The molecule has 1 N–H and O–H groups in total. The summed E-state index contributed by atoms with van der Waals surface area (Å²) in [7, 11) is 2.99. The molecule has 0 saturated heterocycles. The minimum absolute atomic E-state index is 0.0957. The Hall–Kier alpha value is -2.08. The summed E-state index contributed by atoms with van der Waals surface area (Å²) in [6, 6.07) is 5.55. The Morgan fingerprint density at radius 1 is 1.38 bits per heavy atom. The zero-order valence-corrected chi connectivity index (χ0v) is 12.3. The van der Waals surface area contributed by atoms with Gasteiger partial charge < -0.3 is 4.98 Å². The molecule has 0 atom stereocenters. The second-order valence-electron chi connectivity index (χ2n) is 5.46. The first-order chi connectivity index (χ1) is 10.1. The second kappa shape index (κ2) is 5.37. The van der Waals surface area contributed by atoms with Crippen molar-refractivity contribution in [3.05, 3.63) is 34.2 Å². The average Bonchev–Trinajstić information content (AvgIpc) is 3.10. The number of hydrogen-bond donors (Lipinski definition) is 1. The molecule has 1 aromatic heterocycles. The molecule has 1 fully saturated rings. The molecule has 1 heterocycles. The van der Waals surface area contributed by atoms with Gasteiger partial charge in [-0.15, -0.1) is 0 Å². The van der Waals surface area contributed by atoms with Gasteiger partial charge in [-0.05, 0) is 31.0 Å². The number of imidazole rings is 1. The van der Waals surface area contributed by atoms with Gasteiger partial charge in [-0.1, -0.05) is 12.8 Å². The summed E-state index contributed by atoms with van der Waals surface area (Å²) in [6.07, 6.45) is 4.41. The second-order valence-corrected chi connectivity index (χ2v) is 5.46. The lowest BCUT2D eigenvalue weighted by Gasteiger charge is -2.14. The summed E-state index contributed by atoms with van der Waals surface area (Å²) in [6.45, 7) is 0. The van der Waals surface area contributed by atoms with E-state index in [9.17, 15) is 9.59 Å². The third-order valence-corrected chi connectivity index (χ3v) is 4.21. The number of amides is 1. The number of carbonyl (C=O) groups is 1. The third kappa shape index (κ3) is 2.35. The van der Waals surface area contributed by atoms with Crippen molar-refractivity contribution in [3.63, 3.8) is 0 Å². The zero-order chi connectivity index (χ0) is 15.0. The van der Waals surface area contributed by atoms with Crippen molar-refractivity contribution in [2.24, 2.45) is 0 Å². The van der Waals surface area contributed by atoms with Crippen molar-refractivity contribution in [3.8, 4) is 0 Å². The molecule has 6 heteroatoms. The summed E-state index contributed by atoms with van der Waals surface area (Å²) in [4.78, 5) is 32.0. The van der Waals surface area contributed by atoms with Gasteiger partial charge in [-0.3, -0.25) is 14.2 Å². The number of H-pyrrole nitrogens is 1. The molecule has 3 rings (SSSR count). The van der Waals surface area contributed by atoms with E-state index in [1.807, 2.05) is 10.6 Å². The Balaban J connectivity index is 2.04. The molecule has 0 spiro atoms. The fraction of sp³-hybridized carbons (Fsp3) is 0.467. The number of benzene rings is 1. The zero-order valence-electron chi connectivity index (χ0n) is 12.3. The molecule has 112 valence electrons. The van der Waals surface area contributed by atoms with Crippen molar-refractivity contribution in [2.75, 3.05) is 14.2 Å². The van der Waals surface area contributed by atoms with E-state index in [0.29, 0.717) is 11.1 Å². The van der Waals surface area contributed by atoms with Crippen LogP contribution in [0.25, 0.3) is 11.0 Å². The van der Waals surface area contributed by atoms with Gasteiger partial charge in [0, 0.05) is 18.7 Å². The maximum atomic E-state index is 12.2. The highest BCUT2D eigenvalue weighted by Gasteiger charge is 2.22. The van der Waals surface area contributed by atoms with Crippen molar-refractivity contribution in [1.29, 1.82) is 0 Å². The van der Waals surface area contributed by atoms with Gasteiger partial charge in [-0.2, -0.15) is 0 Å². The minimum atomic E-state index is -0.242. The van der Waals surface area contributed by atoms with Crippen LogP contribution in [0.2, 0.25) is 0 Å². The lowest BCUT2D eigenvalue weighted by atomic mass is 10.1. The lowest BCUT2D eigenvalue weighted by molar-refractivity contribution is -0.0756. The number of nitrogens with one attached hydrogen (secondary N) is 1. The Morgan fingerprint density at radius 3 is 2.76 bits per heavy atom. The molecular formula is C15H19N3O3. The maximum absolute atomic E-state index is 12.2. The molecular weight excluding hydrogens is 270 g/mol. The van der Waals surface area contributed by atoms with E-state index in [-0.39, 0.29) is 17.6 Å². The fourth-order valence-corrected chi connectivity index (χ4v) is 3.05. The fourth-order valence-electron chi connectivity index (χ4n) is 3.05. The third-order valence-electron chi connectivity index (χ3n) is 4.21. The lowest BCUT2D eigenvalue weighted by Crippen LogP contribution is -2.25. The van der Waals surface area contributed by atoms with E-state index < -0.39 is 0 Å². The summed E-state index contributed by atoms with van der Waals surface area (Å²) in [5.74, 6) is -0.242. The summed E-state index contributed by atoms with van der Waals surface area (Å²) in [5, 5.41) is 1.16. The van der Waals surface area contributed by atoms with Gasteiger partial charge in [-0.25, -0.2) is 9.86 Å². The smallest absolute Gasteiger partial charge is 0.306 e. The van der Waals surface area contributed by atoms with E-state index >= 15 is 0 Å². The SMILES string of the molecule is CON(C)C(=O)c1ccc2c(c1)[nH]c(=O)n2C1CCCC1. The molecule has 21 heavy (non-hydrogen) atoms. The quantitative estimate of drug-likeness (QED) is 0.880. The number of carbonyl (C=O) groups excluding carboxylic acids is 1. The Bertz CT molecular complexity index is 725. The molecule has 1 aliphatic carbocycles. The van der Waals surface area contributed by atoms with Crippen LogP contribution in [-0.4, -0.2) is 34.7 Å². The van der Waals surface area contributed by atoms with Crippen LogP contribution in [0.15, 0.2) is 23.0 Å². The number of aromatic nitrogens is 2. The van der Waals surface area contributed by atoms with E-state index in [1.165, 1.54) is 20.0 Å². The van der Waals surface area contributed by atoms with Gasteiger partial charge in [0.2, 0.25) is 0 Å². The predicted molar refractivity (Wildman–Crippen MR) is 79.2 cm³/mol. The van der Waals surface area contributed by atoms with Crippen molar-refractivity contribution in [1.82, 2.24) is 14.6 Å². The Labute approximate surface area is 122 Å². The summed E-state index contributed by atoms with van der Waals surface area (Å²) < 4.78 is 1.83. The molecule has 1 saturated carbocycles. The predicted octanol–water partition coefficient (Wildman–Crippen LogP) is 2.08. The van der Waals surface area contributed by atoms with Crippen LogP contribution in [0.4, 0.5) is 0 Å². The van der Waals surface area contributed by atoms with Crippen molar-refractivity contribution < 1.29 is 9.63 Å². The summed E-state index contributed by atoms with van der Waals surface area (Å²) in [5.41, 5.74) is 1.96. The molecule has 2 aromatic rings. The monoisotopic (exact) mass is 289 g/mol. The standard InChI is InChI=1S/C15H19N3O3/c1-17(21-2)14(19)10-7-8-13-12(9-10)16-15(20)18(13)11-5-3-4-6-11/h7-9,11H,3-6H2,1-2H3,(H,16,20). The van der Waals surface area contributed by atoms with Gasteiger partial charge in [0.25, 0.3) is 5.91 Å². The molecule has 1 aliphatic rings. The largest absolute Gasteiger partial charge is 0.326 e. The van der Waals surface area contributed by atoms with E-state index in [4.69, 9.17) is 4.84 Å². The normalized spacial score (nSPS) is 15.7. The molecule has 1 aromatic carbocycles. The number of aromatic amines is 1. The molecule has 0 aliphatic heterocycles. The number of hydrogen-bond acceptors (Lipinski definition) is 3. The summed E-state index contributed by atoms with van der Waals surface area (Å²) >= 11 is 0. The van der Waals surface area contributed by atoms with Crippen LogP contribution < -0.4 is 5.69 Å². The maximum Gasteiger partial charge on any atom is 0.326 e. The Kier molecular flexibility index (Phi) is 3.55. The van der Waals surface area contributed by atoms with Crippen LogP contribution >= 0.6 is 0 Å². The van der Waals surface area contributed by atoms with Crippen LogP contribution in [-0.2, 0) is 4.84 Å². The van der Waals surface area contributed by atoms with Crippen molar-refractivity contribution >= 4 is 16.9 Å².